The highest BCUT2D eigenvalue weighted by molar-refractivity contribution is 7.92. The molecule has 0 aliphatic carbocycles. The van der Waals surface area contributed by atoms with Crippen molar-refractivity contribution in [3.8, 4) is 0 Å². The van der Waals surface area contributed by atoms with Crippen LogP contribution in [0.1, 0.15) is 5.56 Å². The quantitative estimate of drug-likeness (QED) is 0.365. The summed E-state index contributed by atoms with van der Waals surface area (Å²) >= 11 is 5.61. The van der Waals surface area contributed by atoms with Crippen molar-refractivity contribution >= 4 is 48.8 Å². The van der Waals surface area contributed by atoms with Crippen LogP contribution in [0.4, 0.5) is 17.2 Å². The second-order valence-corrected chi connectivity index (χ2v) is 9.91. The number of para-hydroxylation sites is 1. The van der Waals surface area contributed by atoms with Crippen molar-refractivity contribution in [2.24, 2.45) is 0 Å². The van der Waals surface area contributed by atoms with Crippen molar-refractivity contribution < 1.29 is 21.8 Å². The van der Waals surface area contributed by atoms with Gasteiger partial charge in [0.15, 0.2) is 11.0 Å². The minimum Gasteiger partial charge on any atom is -0.283 e. The minimum absolute atomic E-state index is 0.0208. The number of nitro benzene ring substituents is 1. The van der Waals surface area contributed by atoms with Crippen LogP contribution in [0.5, 0.6) is 0 Å². The molecule has 162 valence electrons. The van der Waals surface area contributed by atoms with Crippen LogP contribution >= 0.6 is 11.6 Å². The molecule has 0 bridgehead atoms. The highest BCUT2D eigenvalue weighted by Gasteiger charge is 2.20. The zero-order chi connectivity index (χ0) is 22.6. The number of nitro groups is 1. The van der Waals surface area contributed by atoms with Crippen LogP contribution in [-0.2, 0) is 25.8 Å². The standard InChI is InChI=1S/C17H14ClN5O6S2/c18-16-9-10-17(20-19-16)22-31(28,29)14-7-5-13(6-8-14)21-30(26,27)11-12-3-1-2-4-15(12)23(24)25/h1-10,21H,11H2,(H,20,22). The third-order valence-corrected chi connectivity index (χ3v) is 6.65. The van der Waals surface area contributed by atoms with Crippen molar-refractivity contribution in [3.05, 3.63) is 81.5 Å². The summed E-state index contributed by atoms with van der Waals surface area (Å²) in [4.78, 5) is 10.2. The molecule has 0 fully saturated rings. The number of nitrogens with zero attached hydrogens (tertiary/aromatic N) is 3. The maximum atomic E-state index is 12.4. The van der Waals surface area contributed by atoms with Crippen molar-refractivity contribution in [2.45, 2.75) is 10.6 Å². The van der Waals surface area contributed by atoms with Crippen LogP contribution in [0.3, 0.4) is 0 Å². The lowest BCUT2D eigenvalue weighted by atomic mass is 10.2. The Labute approximate surface area is 182 Å². The second-order valence-electron chi connectivity index (χ2n) is 6.12. The Hall–Kier alpha value is -3.29. The zero-order valence-electron chi connectivity index (χ0n) is 15.5. The van der Waals surface area contributed by atoms with E-state index >= 15 is 0 Å². The number of anilines is 2. The van der Waals surface area contributed by atoms with Gasteiger partial charge in [-0.1, -0.05) is 29.8 Å². The Morgan fingerprint density at radius 1 is 0.903 bits per heavy atom. The molecule has 1 aromatic heterocycles. The average Bonchev–Trinajstić information content (AvgIpc) is 2.69. The lowest BCUT2D eigenvalue weighted by molar-refractivity contribution is -0.385. The summed E-state index contributed by atoms with van der Waals surface area (Å²) in [7, 11) is -7.99. The Morgan fingerprint density at radius 2 is 1.58 bits per heavy atom. The largest absolute Gasteiger partial charge is 0.283 e. The molecule has 2 aromatic carbocycles. The molecule has 3 aromatic rings. The van der Waals surface area contributed by atoms with Gasteiger partial charge in [-0.2, -0.15) is 0 Å². The maximum absolute atomic E-state index is 12.4. The van der Waals surface area contributed by atoms with Gasteiger partial charge in [-0.25, -0.2) is 16.8 Å². The monoisotopic (exact) mass is 483 g/mol. The number of halogens is 1. The molecule has 0 radical (unpaired) electrons. The van der Waals surface area contributed by atoms with Crippen LogP contribution in [-0.4, -0.2) is 32.0 Å². The van der Waals surface area contributed by atoms with Gasteiger partial charge in [0.05, 0.1) is 9.82 Å². The van der Waals surface area contributed by atoms with Crippen LogP contribution in [0.25, 0.3) is 0 Å². The fourth-order valence-corrected chi connectivity index (χ4v) is 4.82. The molecule has 0 atom stereocenters. The van der Waals surface area contributed by atoms with E-state index in [1.54, 1.807) is 0 Å². The van der Waals surface area contributed by atoms with Gasteiger partial charge in [-0.3, -0.25) is 19.6 Å². The number of benzene rings is 2. The highest BCUT2D eigenvalue weighted by Crippen LogP contribution is 2.22. The smallest absolute Gasteiger partial charge is 0.273 e. The van der Waals surface area contributed by atoms with Crippen LogP contribution in [0.2, 0.25) is 5.15 Å². The molecule has 14 heteroatoms. The summed E-state index contributed by atoms with van der Waals surface area (Å²) in [6, 6.07) is 13.1. The molecule has 1 heterocycles. The third kappa shape index (κ3) is 5.87. The van der Waals surface area contributed by atoms with E-state index < -0.39 is 30.7 Å². The lowest BCUT2D eigenvalue weighted by Crippen LogP contribution is -2.16. The molecule has 0 saturated carbocycles. The summed E-state index contributed by atoms with van der Waals surface area (Å²) in [5.41, 5.74) is -0.206. The van der Waals surface area contributed by atoms with Gasteiger partial charge in [0, 0.05) is 17.3 Å². The summed E-state index contributed by atoms with van der Waals surface area (Å²) in [6.45, 7) is 0. The molecule has 0 unspecified atom stereocenters. The lowest BCUT2D eigenvalue weighted by Gasteiger charge is -2.10. The molecule has 0 saturated heterocycles. The molecule has 31 heavy (non-hydrogen) atoms. The van der Waals surface area contributed by atoms with Gasteiger partial charge in [0.2, 0.25) is 10.0 Å². The zero-order valence-corrected chi connectivity index (χ0v) is 17.9. The van der Waals surface area contributed by atoms with Crippen molar-refractivity contribution in [2.75, 3.05) is 9.44 Å². The molecular formula is C17H14ClN5O6S2. The Kier molecular flexibility index (Phi) is 6.38. The number of hydrogen-bond donors (Lipinski definition) is 2. The van der Waals surface area contributed by atoms with E-state index in [2.05, 4.69) is 19.6 Å². The molecule has 2 N–H and O–H groups in total. The summed E-state index contributed by atoms with van der Waals surface area (Å²) < 4.78 is 54.1. The molecule has 3 rings (SSSR count). The first kappa shape index (κ1) is 22.4. The number of hydrogen-bond acceptors (Lipinski definition) is 8. The molecule has 0 aliphatic rings. The second kappa shape index (κ2) is 8.83. The molecule has 0 spiro atoms. The van der Waals surface area contributed by atoms with Crippen molar-refractivity contribution in [1.82, 2.24) is 10.2 Å². The Bertz CT molecular complexity index is 1310. The summed E-state index contributed by atoms with van der Waals surface area (Å²) in [5.74, 6) is -0.667. The average molecular weight is 484 g/mol. The van der Waals surface area contributed by atoms with Gasteiger partial charge in [0.25, 0.3) is 15.7 Å². The first-order chi connectivity index (χ1) is 14.6. The van der Waals surface area contributed by atoms with Gasteiger partial charge in [-0.05, 0) is 36.4 Å². The summed E-state index contributed by atoms with van der Waals surface area (Å²) in [5, 5.41) is 18.3. The maximum Gasteiger partial charge on any atom is 0.273 e. The SMILES string of the molecule is O=[N+]([O-])c1ccccc1CS(=O)(=O)Nc1ccc(S(=O)(=O)Nc2ccc(Cl)nn2)cc1. The van der Waals surface area contributed by atoms with E-state index in [0.717, 1.165) is 0 Å². The Morgan fingerprint density at radius 3 is 2.19 bits per heavy atom. The van der Waals surface area contributed by atoms with E-state index in [1.165, 1.54) is 60.7 Å². The van der Waals surface area contributed by atoms with E-state index in [-0.39, 0.29) is 32.8 Å². The van der Waals surface area contributed by atoms with Crippen LogP contribution in [0.15, 0.2) is 65.6 Å². The number of nitrogens with one attached hydrogen (secondary N) is 2. The first-order valence-corrected chi connectivity index (χ1v) is 11.9. The van der Waals surface area contributed by atoms with Crippen LogP contribution < -0.4 is 9.44 Å². The first-order valence-electron chi connectivity index (χ1n) is 8.41. The van der Waals surface area contributed by atoms with Gasteiger partial charge in [0.1, 0.15) is 5.75 Å². The Balaban J connectivity index is 1.74. The van der Waals surface area contributed by atoms with E-state index in [1.807, 2.05) is 0 Å². The fraction of sp³-hybridized carbons (Fsp3) is 0.0588. The summed E-state index contributed by atoms with van der Waals surface area (Å²) in [6.07, 6.45) is 0. The third-order valence-electron chi connectivity index (χ3n) is 3.84. The van der Waals surface area contributed by atoms with E-state index in [0.29, 0.717) is 0 Å². The number of aromatic nitrogens is 2. The number of rotatable bonds is 8. The predicted molar refractivity (Wildman–Crippen MR) is 114 cm³/mol. The normalized spacial score (nSPS) is 11.6. The molecular weight excluding hydrogens is 470 g/mol. The predicted octanol–water partition coefficient (Wildman–Crippen LogP) is 2.78. The van der Waals surface area contributed by atoms with Crippen LogP contribution in [0, 0.1) is 10.1 Å². The van der Waals surface area contributed by atoms with Crippen molar-refractivity contribution in [3.63, 3.8) is 0 Å². The van der Waals surface area contributed by atoms with Gasteiger partial charge >= 0.3 is 0 Å². The minimum atomic E-state index is -4.00. The highest BCUT2D eigenvalue weighted by atomic mass is 35.5. The molecule has 0 amide bonds. The molecule has 11 nitrogen and oxygen atoms in total. The van der Waals surface area contributed by atoms with Gasteiger partial charge in [-0.15, -0.1) is 10.2 Å². The topological polar surface area (TPSA) is 161 Å². The molecule has 0 aliphatic heterocycles. The van der Waals surface area contributed by atoms with E-state index in [9.17, 15) is 26.9 Å². The number of sulfonamides is 2. The fourth-order valence-electron chi connectivity index (χ4n) is 2.50. The van der Waals surface area contributed by atoms with Gasteiger partial charge < -0.3 is 0 Å². The van der Waals surface area contributed by atoms with E-state index in [4.69, 9.17) is 11.6 Å². The van der Waals surface area contributed by atoms with Crippen molar-refractivity contribution in [1.29, 1.82) is 0 Å².